The molecule has 2 unspecified atom stereocenters. The second-order valence-corrected chi connectivity index (χ2v) is 4.91. The molecule has 0 fully saturated rings. The first kappa shape index (κ1) is 12.3. The van der Waals surface area contributed by atoms with E-state index in [1.165, 1.54) is 5.56 Å². The highest BCUT2D eigenvalue weighted by Gasteiger charge is 2.15. The van der Waals surface area contributed by atoms with E-state index < -0.39 is 0 Å². The van der Waals surface area contributed by atoms with Gasteiger partial charge < -0.3 is 5.73 Å². The molecule has 0 saturated carbocycles. The molecule has 0 bridgehead atoms. The average molecular weight is 205 g/mol. The average Bonchev–Trinajstić information content (AvgIpc) is 2.17. The third-order valence-electron chi connectivity index (χ3n) is 2.96. The molecule has 0 heterocycles. The molecule has 0 radical (unpaired) electrons. The first-order chi connectivity index (χ1) is 7.09. The lowest BCUT2D eigenvalue weighted by molar-refractivity contribution is 0.337. The summed E-state index contributed by atoms with van der Waals surface area (Å²) in [5.41, 5.74) is 7.31. The highest BCUT2D eigenvalue weighted by molar-refractivity contribution is 5.15. The maximum absolute atomic E-state index is 5.88. The van der Waals surface area contributed by atoms with Crippen LogP contribution in [-0.4, -0.2) is 6.04 Å². The molecule has 0 amide bonds. The van der Waals surface area contributed by atoms with Crippen molar-refractivity contribution in [2.45, 2.75) is 39.7 Å². The smallest absolute Gasteiger partial charge is 0.00133 e. The van der Waals surface area contributed by atoms with Crippen molar-refractivity contribution in [2.24, 2.45) is 17.6 Å². The van der Waals surface area contributed by atoms with Crippen LogP contribution in [0.2, 0.25) is 0 Å². The molecule has 2 N–H and O–H groups in total. The molecular weight excluding hydrogens is 182 g/mol. The SMILES string of the molecule is CC(N)CC(Cc1ccccc1)C(C)C. The summed E-state index contributed by atoms with van der Waals surface area (Å²) >= 11 is 0. The first-order valence-corrected chi connectivity index (χ1v) is 5.89. The van der Waals surface area contributed by atoms with E-state index in [-0.39, 0.29) is 0 Å². The van der Waals surface area contributed by atoms with Crippen LogP contribution in [0.3, 0.4) is 0 Å². The number of hydrogen-bond donors (Lipinski definition) is 1. The summed E-state index contributed by atoms with van der Waals surface area (Å²) < 4.78 is 0. The van der Waals surface area contributed by atoms with Gasteiger partial charge in [-0.15, -0.1) is 0 Å². The molecule has 1 rings (SSSR count). The standard InChI is InChI=1S/C14H23N/c1-11(2)14(9-12(3)15)10-13-7-5-4-6-8-13/h4-8,11-12,14H,9-10,15H2,1-3H3. The quantitative estimate of drug-likeness (QED) is 0.784. The highest BCUT2D eigenvalue weighted by Crippen LogP contribution is 2.21. The first-order valence-electron chi connectivity index (χ1n) is 5.89. The van der Waals surface area contributed by atoms with E-state index in [1.54, 1.807) is 0 Å². The zero-order valence-corrected chi connectivity index (χ0v) is 10.1. The summed E-state index contributed by atoms with van der Waals surface area (Å²) in [6.07, 6.45) is 2.27. The van der Waals surface area contributed by atoms with Gasteiger partial charge in [0.1, 0.15) is 0 Å². The predicted octanol–water partition coefficient (Wildman–Crippen LogP) is 3.24. The Bertz CT molecular complexity index is 264. The number of hydrogen-bond acceptors (Lipinski definition) is 1. The molecule has 0 aliphatic rings. The van der Waals surface area contributed by atoms with Crippen molar-refractivity contribution in [3.63, 3.8) is 0 Å². The maximum atomic E-state index is 5.88. The predicted molar refractivity (Wildman–Crippen MR) is 66.7 cm³/mol. The van der Waals surface area contributed by atoms with Gasteiger partial charge in [0, 0.05) is 6.04 Å². The molecule has 0 saturated heterocycles. The Morgan fingerprint density at radius 1 is 1.07 bits per heavy atom. The summed E-state index contributed by atoms with van der Waals surface area (Å²) in [6, 6.07) is 11.0. The molecule has 1 aromatic carbocycles. The van der Waals surface area contributed by atoms with Gasteiger partial charge in [-0.3, -0.25) is 0 Å². The van der Waals surface area contributed by atoms with Crippen LogP contribution in [0.4, 0.5) is 0 Å². The van der Waals surface area contributed by atoms with Crippen molar-refractivity contribution < 1.29 is 0 Å². The molecule has 0 aromatic heterocycles. The van der Waals surface area contributed by atoms with Crippen molar-refractivity contribution >= 4 is 0 Å². The van der Waals surface area contributed by atoms with Gasteiger partial charge in [-0.05, 0) is 37.2 Å². The molecule has 1 nitrogen and oxygen atoms in total. The van der Waals surface area contributed by atoms with E-state index in [2.05, 4.69) is 51.1 Å². The monoisotopic (exact) mass is 205 g/mol. The van der Waals surface area contributed by atoms with Gasteiger partial charge in [0.2, 0.25) is 0 Å². The van der Waals surface area contributed by atoms with E-state index in [1.807, 2.05) is 0 Å². The van der Waals surface area contributed by atoms with Crippen molar-refractivity contribution in [2.75, 3.05) is 0 Å². The molecule has 0 aliphatic carbocycles. The van der Waals surface area contributed by atoms with Crippen molar-refractivity contribution in [1.29, 1.82) is 0 Å². The molecule has 2 atom stereocenters. The molecule has 0 aliphatic heterocycles. The maximum Gasteiger partial charge on any atom is 0.00133 e. The topological polar surface area (TPSA) is 26.0 Å². The van der Waals surface area contributed by atoms with Gasteiger partial charge in [0.25, 0.3) is 0 Å². The van der Waals surface area contributed by atoms with Gasteiger partial charge in [-0.2, -0.15) is 0 Å². The molecular formula is C14H23N. The minimum absolute atomic E-state index is 0.307. The Labute approximate surface area is 93.7 Å². The molecule has 15 heavy (non-hydrogen) atoms. The molecule has 1 heteroatoms. The van der Waals surface area contributed by atoms with Crippen LogP contribution >= 0.6 is 0 Å². The zero-order valence-electron chi connectivity index (χ0n) is 10.1. The van der Waals surface area contributed by atoms with Gasteiger partial charge in [-0.1, -0.05) is 44.2 Å². The summed E-state index contributed by atoms with van der Waals surface area (Å²) in [5, 5.41) is 0. The van der Waals surface area contributed by atoms with Crippen LogP contribution in [-0.2, 0) is 6.42 Å². The lowest BCUT2D eigenvalue weighted by Gasteiger charge is -2.22. The minimum Gasteiger partial charge on any atom is -0.328 e. The van der Waals surface area contributed by atoms with Crippen LogP contribution in [0.15, 0.2) is 30.3 Å². The number of benzene rings is 1. The summed E-state index contributed by atoms with van der Waals surface area (Å²) in [4.78, 5) is 0. The van der Waals surface area contributed by atoms with Crippen LogP contribution in [0.1, 0.15) is 32.8 Å². The zero-order chi connectivity index (χ0) is 11.3. The lowest BCUT2D eigenvalue weighted by atomic mass is 9.85. The van der Waals surface area contributed by atoms with Gasteiger partial charge in [-0.25, -0.2) is 0 Å². The summed E-state index contributed by atoms with van der Waals surface area (Å²) in [6.45, 7) is 6.67. The largest absolute Gasteiger partial charge is 0.328 e. The van der Waals surface area contributed by atoms with Crippen LogP contribution < -0.4 is 5.73 Å². The van der Waals surface area contributed by atoms with E-state index in [4.69, 9.17) is 5.73 Å². The van der Waals surface area contributed by atoms with Gasteiger partial charge in [0.05, 0.1) is 0 Å². The summed E-state index contributed by atoms with van der Waals surface area (Å²) in [7, 11) is 0. The Balaban J connectivity index is 2.59. The lowest BCUT2D eigenvalue weighted by Crippen LogP contribution is -2.24. The Morgan fingerprint density at radius 2 is 1.67 bits per heavy atom. The second-order valence-electron chi connectivity index (χ2n) is 4.91. The van der Waals surface area contributed by atoms with E-state index in [0.717, 1.165) is 12.8 Å². The number of nitrogens with two attached hydrogens (primary N) is 1. The van der Waals surface area contributed by atoms with Gasteiger partial charge >= 0.3 is 0 Å². The summed E-state index contributed by atoms with van der Waals surface area (Å²) in [5.74, 6) is 1.41. The fourth-order valence-electron chi connectivity index (χ4n) is 1.99. The highest BCUT2D eigenvalue weighted by atomic mass is 14.6. The molecule has 84 valence electrons. The third-order valence-corrected chi connectivity index (χ3v) is 2.96. The van der Waals surface area contributed by atoms with Crippen molar-refractivity contribution in [3.8, 4) is 0 Å². The van der Waals surface area contributed by atoms with E-state index >= 15 is 0 Å². The molecule has 1 aromatic rings. The Kier molecular flexibility index (Phi) is 4.83. The van der Waals surface area contributed by atoms with E-state index in [0.29, 0.717) is 17.9 Å². The fourth-order valence-corrected chi connectivity index (χ4v) is 1.99. The van der Waals surface area contributed by atoms with Crippen molar-refractivity contribution in [1.82, 2.24) is 0 Å². The number of rotatable bonds is 5. The van der Waals surface area contributed by atoms with Crippen molar-refractivity contribution in [3.05, 3.63) is 35.9 Å². The minimum atomic E-state index is 0.307. The van der Waals surface area contributed by atoms with Gasteiger partial charge in [0.15, 0.2) is 0 Å². The Hall–Kier alpha value is -0.820. The second kappa shape index (κ2) is 5.92. The van der Waals surface area contributed by atoms with Crippen LogP contribution in [0.5, 0.6) is 0 Å². The van der Waals surface area contributed by atoms with Crippen LogP contribution in [0, 0.1) is 11.8 Å². The normalized spacial score (nSPS) is 15.3. The Morgan fingerprint density at radius 3 is 2.13 bits per heavy atom. The third kappa shape index (κ3) is 4.48. The van der Waals surface area contributed by atoms with E-state index in [9.17, 15) is 0 Å². The molecule has 0 spiro atoms. The van der Waals surface area contributed by atoms with Crippen LogP contribution in [0.25, 0.3) is 0 Å². The fraction of sp³-hybridized carbons (Fsp3) is 0.571.